The number of Topliss-reactive ketones (excluding diaryl/α,β-unsaturated/α-hetero) is 1. The van der Waals surface area contributed by atoms with Gasteiger partial charge in [-0.2, -0.15) is 0 Å². The molecule has 3 nitrogen and oxygen atoms in total. The van der Waals surface area contributed by atoms with Gasteiger partial charge < -0.3 is 5.73 Å². The van der Waals surface area contributed by atoms with Crippen molar-refractivity contribution in [3.05, 3.63) is 46.4 Å². The number of nitrogens with two attached hydrogens (primary N) is 1. The van der Waals surface area contributed by atoms with E-state index in [9.17, 15) is 4.79 Å². The highest BCUT2D eigenvalue weighted by Crippen LogP contribution is 2.12. The van der Waals surface area contributed by atoms with Crippen molar-refractivity contribution < 1.29 is 4.79 Å². The summed E-state index contributed by atoms with van der Waals surface area (Å²) in [4.78, 5) is 16.8. The number of carbonyl (C=O) groups excluding carboxylic acids is 1. The summed E-state index contributed by atoms with van der Waals surface area (Å²) in [7, 11) is 0. The molecule has 15 heavy (non-hydrogen) atoms. The van der Waals surface area contributed by atoms with E-state index < -0.39 is 0 Å². The standard InChI is InChI=1S/C11H10N2OS/c12-8-3-4-10(13-7-8)11(14)6-9-2-1-5-15-9/h1-5,7H,6,12H2. The molecule has 0 saturated carbocycles. The number of carbonyl (C=O) groups is 1. The lowest BCUT2D eigenvalue weighted by Gasteiger charge is -1.98. The number of nitrogen functional groups attached to an aromatic ring is 1. The van der Waals surface area contributed by atoms with Gasteiger partial charge in [-0.15, -0.1) is 11.3 Å². The van der Waals surface area contributed by atoms with Gasteiger partial charge in [-0.1, -0.05) is 6.07 Å². The summed E-state index contributed by atoms with van der Waals surface area (Å²) < 4.78 is 0. The zero-order chi connectivity index (χ0) is 10.7. The SMILES string of the molecule is Nc1ccc(C(=O)Cc2cccs2)nc1. The summed E-state index contributed by atoms with van der Waals surface area (Å²) in [5.74, 6) is 0.0254. The number of aromatic nitrogens is 1. The summed E-state index contributed by atoms with van der Waals surface area (Å²) in [6, 6.07) is 7.23. The molecule has 0 bridgehead atoms. The van der Waals surface area contributed by atoms with Crippen molar-refractivity contribution in [3.8, 4) is 0 Å². The molecule has 0 unspecified atom stereocenters. The van der Waals surface area contributed by atoms with Gasteiger partial charge in [0.2, 0.25) is 0 Å². The molecule has 0 spiro atoms. The van der Waals surface area contributed by atoms with Crippen LogP contribution in [-0.2, 0) is 6.42 Å². The van der Waals surface area contributed by atoms with Crippen LogP contribution in [0.1, 0.15) is 15.4 Å². The Morgan fingerprint density at radius 1 is 1.40 bits per heavy atom. The van der Waals surface area contributed by atoms with Gasteiger partial charge in [0.05, 0.1) is 11.9 Å². The van der Waals surface area contributed by atoms with Crippen LogP contribution < -0.4 is 5.73 Å². The fourth-order valence-corrected chi connectivity index (χ4v) is 1.94. The first-order valence-corrected chi connectivity index (χ1v) is 5.41. The highest BCUT2D eigenvalue weighted by atomic mass is 32.1. The van der Waals surface area contributed by atoms with Crippen molar-refractivity contribution in [2.45, 2.75) is 6.42 Å². The molecule has 0 aliphatic heterocycles. The monoisotopic (exact) mass is 218 g/mol. The molecule has 76 valence electrons. The quantitative estimate of drug-likeness (QED) is 0.803. The summed E-state index contributed by atoms with van der Waals surface area (Å²) in [5.41, 5.74) is 6.53. The minimum absolute atomic E-state index is 0.0254. The average molecular weight is 218 g/mol. The number of ketones is 1. The van der Waals surface area contributed by atoms with Gasteiger partial charge in [-0.3, -0.25) is 9.78 Å². The Morgan fingerprint density at radius 2 is 2.27 bits per heavy atom. The third-order valence-electron chi connectivity index (χ3n) is 1.99. The first kappa shape index (κ1) is 9.86. The summed E-state index contributed by atoms with van der Waals surface area (Å²) >= 11 is 1.58. The second kappa shape index (κ2) is 4.23. The molecular formula is C11H10N2OS. The number of thiophene rings is 1. The fraction of sp³-hybridized carbons (Fsp3) is 0.0909. The maximum Gasteiger partial charge on any atom is 0.186 e. The molecule has 0 fully saturated rings. The number of hydrogen-bond donors (Lipinski definition) is 1. The Labute approximate surface area is 91.6 Å². The average Bonchev–Trinajstić information content (AvgIpc) is 2.71. The van der Waals surface area contributed by atoms with Crippen molar-refractivity contribution >= 4 is 22.8 Å². The molecule has 2 aromatic heterocycles. The molecule has 2 heterocycles. The van der Waals surface area contributed by atoms with Crippen LogP contribution in [0.5, 0.6) is 0 Å². The van der Waals surface area contributed by atoms with Crippen LogP contribution in [0.3, 0.4) is 0 Å². The third-order valence-corrected chi connectivity index (χ3v) is 2.86. The van der Waals surface area contributed by atoms with Crippen molar-refractivity contribution in [1.29, 1.82) is 0 Å². The van der Waals surface area contributed by atoms with Crippen molar-refractivity contribution in [2.24, 2.45) is 0 Å². The first-order chi connectivity index (χ1) is 7.25. The van der Waals surface area contributed by atoms with E-state index in [4.69, 9.17) is 5.73 Å². The largest absolute Gasteiger partial charge is 0.397 e. The minimum Gasteiger partial charge on any atom is -0.397 e. The maximum absolute atomic E-state index is 11.7. The van der Waals surface area contributed by atoms with E-state index >= 15 is 0 Å². The van der Waals surface area contributed by atoms with Crippen LogP contribution in [0.4, 0.5) is 5.69 Å². The molecule has 2 rings (SSSR count). The Hall–Kier alpha value is -1.68. The van der Waals surface area contributed by atoms with Crippen LogP contribution in [0.25, 0.3) is 0 Å². The molecule has 0 aromatic carbocycles. The second-order valence-electron chi connectivity index (χ2n) is 3.16. The van der Waals surface area contributed by atoms with E-state index in [-0.39, 0.29) is 5.78 Å². The van der Waals surface area contributed by atoms with Gasteiger partial charge in [0.1, 0.15) is 5.69 Å². The Morgan fingerprint density at radius 3 is 2.87 bits per heavy atom. The Kier molecular flexibility index (Phi) is 2.78. The topological polar surface area (TPSA) is 56.0 Å². The lowest BCUT2D eigenvalue weighted by Crippen LogP contribution is -2.05. The van der Waals surface area contributed by atoms with Gasteiger partial charge in [-0.25, -0.2) is 0 Å². The van der Waals surface area contributed by atoms with Gasteiger partial charge in [0.25, 0.3) is 0 Å². The molecule has 2 aromatic rings. The second-order valence-corrected chi connectivity index (χ2v) is 4.19. The first-order valence-electron chi connectivity index (χ1n) is 4.53. The van der Waals surface area contributed by atoms with E-state index in [0.29, 0.717) is 17.8 Å². The lowest BCUT2D eigenvalue weighted by atomic mass is 10.2. The lowest BCUT2D eigenvalue weighted by molar-refractivity contribution is 0.0989. The van der Waals surface area contributed by atoms with Crippen molar-refractivity contribution in [1.82, 2.24) is 4.98 Å². The number of rotatable bonds is 3. The van der Waals surface area contributed by atoms with E-state index in [1.165, 1.54) is 6.20 Å². The summed E-state index contributed by atoms with van der Waals surface area (Å²) in [6.07, 6.45) is 1.91. The van der Waals surface area contributed by atoms with Crippen LogP contribution >= 0.6 is 11.3 Å². The third kappa shape index (κ3) is 2.41. The zero-order valence-electron chi connectivity index (χ0n) is 8.01. The Balaban J connectivity index is 2.11. The van der Waals surface area contributed by atoms with E-state index in [1.54, 1.807) is 23.5 Å². The number of nitrogens with zero attached hydrogens (tertiary/aromatic N) is 1. The molecule has 4 heteroatoms. The number of anilines is 1. The van der Waals surface area contributed by atoms with Crippen LogP contribution in [0.2, 0.25) is 0 Å². The maximum atomic E-state index is 11.7. The number of pyridine rings is 1. The van der Waals surface area contributed by atoms with Crippen LogP contribution in [0.15, 0.2) is 35.8 Å². The normalized spacial score (nSPS) is 10.1. The molecule has 0 aliphatic carbocycles. The van der Waals surface area contributed by atoms with Crippen LogP contribution in [0, 0.1) is 0 Å². The van der Waals surface area contributed by atoms with E-state index in [0.717, 1.165) is 4.88 Å². The van der Waals surface area contributed by atoms with E-state index in [1.807, 2.05) is 17.5 Å². The molecule has 0 radical (unpaired) electrons. The highest BCUT2D eigenvalue weighted by Gasteiger charge is 2.08. The molecule has 0 saturated heterocycles. The molecule has 0 aliphatic rings. The minimum atomic E-state index is 0.0254. The van der Waals surface area contributed by atoms with Crippen LogP contribution in [-0.4, -0.2) is 10.8 Å². The molecular weight excluding hydrogens is 208 g/mol. The van der Waals surface area contributed by atoms with E-state index in [2.05, 4.69) is 4.98 Å². The smallest absolute Gasteiger partial charge is 0.186 e. The van der Waals surface area contributed by atoms with Gasteiger partial charge >= 0.3 is 0 Å². The van der Waals surface area contributed by atoms with Gasteiger partial charge in [0.15, 0.2) is 5.78 Å². The Bertz CT molecular complexity index is 448. The predicted molar refractivity (Wildman–Crippen MR) is 61.0 cm³/mol. The molecule has 2 N–H and O–H groups in total. The molecule has 0 amide bonds. The fourth-order valence-electron chi connectivity index (χ4n) is 1.23. The molecule has 0 atom stereocenters. The zero-order valence-corrected chi connectivity index (χ0v) is 8.83. The predicted octanol–water partition coefficient (Wildman–Crippen LogP) is 2.15. The van der Waals surface area contributed by atoms with Gasteiger partial charge in [0, 0.05) is 11.3 Å². The van der Waals surface area contributed by atoms with Crippen molar-refractivity contribution in [3.63, 3.8) is 0 Å². The van der Waals surface area contributed by atoms with Gasteiger partial charge in [-0.05, 0) is 23.6 Å². The number of hydrogen-bond acceptors (Lipinski definition) is 4. The van der Waals surface area contributed by atoms with Crippen molar-refractivity contribution in [2.75, 3.05) is 5.73 Å². The highest BCUT2D eigenvalue weighted by molar-refractivity contribution is 7.10. The summed E-state index contributed by atoms with van der Waals surface area (Å²) in [6.45, 7) is 0. The summed E-state index contributed by atoms with van der Waals surface area (Å²) in [5, 5.41) is 1.96.